The van der Waals surface area contributed by atoms with Crippen LogP contribution in [0.3, 0.4) is 0 Å². The molecule has 1 heterocycles. The van der Waals surface area contributed by atoms with Crippen molar-refractivity contribution in [3.05, 3.63) is 40.7 Å². The largest absolute Gasteiger partial charge is 0.312 e. The summed E-state index contributed by atoms with van der Waals surface area (Å²) in [4.78, 5) is 5.41. The van der Waals surface area contributed by atoms with Crippen molar-refractivity contribution in [1.29, 1.82) is 0 Å². The van der Waals surface area contributed by atoms with E-state index in [1.165, 1.54) is 17.4 Å². The average Bonchev–Trinajstić information content (AvgIpc) is 2.80. The molecule has 4 heteroatoms. The predicted molar refractivity (Wildman–Crippen MR) is 69.7 cm³/mol. The molecule has 0 bridgehead atoms. The van der Waals surface area contributed by atoms with Gasteiger partial charge in [0, 0.05) is 22.7 Å². The highest BCUT2D eigenvalue weighted by molar-refractivity contribution is 7.15. The molecule has 0 aliphatic rings. The zero-order chi connectivity index (χ0) is 12.4. The zero-order valence-electron chi connectivity index (χ0n) is 10.1. The van der Waals surface area contributed by atoms with Crippen molar-refractivity contribution >= 4 is 11.3 Å². The van der Waals surface area contributed by atoms with Gasteiger partial charge in [-0.1, -0.05) is 11.6 Å². The summed E-state index contributed by atoms with van der Waals surface area (Å²) in [6.07, 6.45) is 1.81. The first-order valence-corrected chi connectivity index (χ1v) is 6.33. The average molecular weight is 250 g/mol. The van der Waals surface area contributed by atoms with Crippen LogP contribution >= 0.6 is 11.3 Å². The van der Waals surface area contributed by atoms with Crippen molar-refractivity contribution < 1.29 is 4.39 Å². The van der Waals surface area contributed by atoms with Gasteiger partial charge in [0.05, 0.1) is 0 Å². The Balaban J connectivity index is 2.40. The second kappa shape index (κ2) is 4.94. The quantitative estimate of drug-likeness (QED) is 0.901. The van der Waals surface area contributed by atoms with Crippen LogP contribution < -0.4 is 5.32 Å². The number of aryl methyl sites for hydroxylation is 1. The summed E-state index contributed by atoms with van der Waals surface area (Å²) in [5.74, 6) is -0.214. The van der Waals surface area contributed by atoms with Gasteiger partial charge in [-0.2, -0.15) is 0 Å². The first-order chi connectivity index (χ1) is 8.11. The Morgan fingerprint density at radius 1 is 1.41 bits per heavy atom. The summed E-state index contributed by atoms with van der Waals surface area (Å²) >= 11 is 1.53. The molecule has 1 aromatic heterocycles. The number of benzene rings is 1. The molecule has 0 spiro atoms. The normalized spacial score (nSPS) is 12.7. The number of hydrogen-bond donors (Lipinski definition) is 1. The Kier molecular flexibility index (Phi) is 3.54. The minimum absolute atomic E-state index is 0.214. The molecular weight excluding hydrogens is 235 g/mol. The van der Waals surface area contributed by atoms with Crippen molar-refractivity contribution in [3.63, 3.8) is 0 Å². The van der Waals surface area contributed by atoms with Gasteiger partial charge < -0.3 is 5.32 Å². The second-order valence-electron chi connectivity index (χ2n) is 4.06. The Hall–Kier alpha value is -1.26. The van der Waals surface area contributed by atoms with Crippen molar-refractivity contribution in [3.8, 4) is 10.6 Å². The molecule has 1 unspecified atom stereocenters. The molecule has 90 valence electrons. The third-order valence-corrected chi connectivity index (χ3v) is 3.95. The molecule has 2 nitrogen and oxygen atoms in total. The summed E-state index contributed by atoms with van der Waals surface area (Å²) < 4.78 is 13.7. The van der Waals surface area contributed by atoms with Gasteiger partial charge >= 0.3 is 0 Å². The SMILES string of the molecule is CNC(C)c1cnc(-c2cc(C)ccc2F)s1. The number of halogens is 1. The Bertz CT molecular complexity index is 522. The number of rotatable bonds is 3. The highest BCUT2D eigenvalue weighted by atomic mass is 32.1. The van der Waals surface area contributed by atoms with E-state index in [2.05, 4.69) is 17.2 Å². The van der Waals surface area contributed by atoms with E-state index in [-0.39, 0.29) is 11.9 Å². The van der Waals surface area contributed by atoms with Gasteiger partial charge in [0.1, 0.15) is 10.8 Å². The maximum absolute atomic E-state index is 13.7. The fourth-order valence-electron chi connectivity index (χ4n) is 1.56. The van der Waals surface area contributed by atoms with Crippen LogP contribution in [-0.4, -0.2) is 12.0 Å². The highest BCUT2D eigenvalue weighted by Crippen LogP contribution is 2.30. The molecule has 0 fully saturated rings. The molecule has 0 saturated carbocycles. The van der Waals surface area contributed by atoms with E-state index in [0.29, 0.717) is 5.56 Å². The molecule has 2 aromatic rings. The first-order valence-electron chi connectivity index (χ1n) is 5.51. The molecule has 1 N–H and O–H groups in total. The summed E-state index contributed by atoms with van der Waals surface area (Å²) in [5.41, 5.74) is 1.63. The van der Waals surface area contributed by atoms with Crippen LogP contribution in [-0.2, 0) is 0 Å². The number of nitrogens with one attached hydrogen (secondary N) is 1. The lowest BCUT2D eigenvalue weighted by Crippen LogP contribution is -2.10. The molecule has 1 aromatic carbocycles. The number of thiazole rings is 1. The number of hydrogen-bond acceptors (Lipinski definition) is 3. The Labute approximate surface area is 105 Å². The van der Waals surface area contributed by atoms with E-state index in [0.717, 1.165) is 15.4 Å². The standard InChI is InChI=1S/C13H15FN2S/c1-8-4-5-11(14)10(6-8)13-16-7-12(17-13)9(2)15-3/h4-7,9,15H,1-3H3. The van der Waals surface area contributed by atoms with Crippen LogP contribution in [0.25, 0.3) is 10.6 Å². The van der Waals surface area contributed by atoms with E-state index >= 15 is 0 Å². The fourth-order valence-corrected chi connectivity index (χ4v) is 2.55. The van der Waals surface area contributed by atoms with E-state index in [1.807, 2.05) is 26.2 Å². The minimum Gasteiger partial charge on any atom is -0.312 e. The molecule has 1 atom stereocenters. The molecule has 2 rings (SSSR count). The number of aromatic nitrogens is 1. The van der Waals surface area contributed by atoms with Crippen LogP contribution in [0, 0.1) is 12.7 Å². The molecule has 0 amide bonds. The minimum atomic E-state index is -0.214. The van der Waals surface area contributed by atoms with E-state index in [4.69, 9.17) is 0 Å². The zero-order valence-corrected chi connectivity index (χ0v) is 10.9. The van der Waals surface area contributed by atoms with Gasteiger partial charge in [0.2, 0.25) is 0 Å². The maximum Gasteiger partial charge on any atom is 0.133 e. The van der Waals surface area contributed by atoms with Crippen molar-refractivity contribution in [1.82, 2.24) is 10.3 Å². The molecule has 0 saturated heterocycles. The molecule has 0 aliphatic heterocycles. The first kappa shape index (κ1) is 12.2. The molecular formula is C13H15FN2S. The third kappa shape index (κ3) is 2.53. The Morgan fingerprint density at radius 3 is 2.88 bits per heavy atom. The monoisotopic (exact) mass is 250 g/mol. The molecule has 0 aliphatic carbocycles. The van der Waals surface area contributed by atoms with Crippen LogP contribution in [0.5, 0.6) is 0 Å². The van der Waals surface area contributed by atoms with E-state index in [9.17, 15) is 4.39 Å². The van der Waals surface area contributed by atoms with Crippen molar-refractivity contribution in [2.24, 2.45) is 0 Å². The lowest BCUT2D eigenvalue weighted by atomic mass is 10.1. The summed E-state index contributed by atoms with van der Waals surface area (Å²) in [6, 6.07) is 5.34. The van der Waals surface area contributed by atoms with Crippen molar-refractivity contribution in [2.75, 3.05) is 7.05 Å². The second-order valence-corrected chi connectivity index (χ2v) is 5.12. The van der Waals surface area contributed by atoms with Gasteiger partial charge in [-0.05, 0) is 33.0 Å². The molecule has 0 radical (unpaired) electrons. The summed E-state index contributed by atoms with van der Waals surface area (Å²) in [5, 5.41) is 3.89. The topological polar surface area (TPSA) is 24.9 Å². The van der Waals surface area contributed by atoms with E-state index in [1.54, 1.807) is 6.07 Å². The fraction of sp³-hybridized carbons (Fsp3) is 0.308. The summed E-state index contributed by atoms with van der Waals surface area (Å²) in [6.45, 7) is 4.01. The third-order valence-electron chi connectivity index (χ3n) is 2.74. The van der Waals surface area contributed by atoms with Crippen molar-refractivity contribution in [2.45, 2.75) is 19.9 Å². The van der Waals surface area contributed by atoms with Gasteiger partial charge in [-0.3, -0.25) is 0 Å². The van der Waals surface area contributed by atoms with Gasteiger partial charge in [0.15, 0.2) is 0 Å². The van der Waals surface area contributed by atoms with Crippen LogP contribution in [0.2, 0.25) is 0 Å². The Morgan fingerprint density at radius 2 is 2.18 bits per heavy atom. The van der Waals surface area contributed by atoms with Crippen LogP contribution in [0.4, 0.5) is 4.39 Å². The summed E-state index contributed by atoms with van der Waals surface area (Å²) in [7, 11) is 1.90. The van der Waals surface area contributed by atoms with Gasteiger partial charge in [-0.15, -0.1) is 11.3 Å². The highest BCUT2D eigenvalue weighted by Gasteiger charge is 2.12. The smallest absolute Gasteiger partial charge is 0.133 e. The van der Waals surface area contributed by atoms with Crippen LogP contribution in [0.15, 0.2) is 24.4 Å². The van der Waals surface area contributed by atoms with Crippen LogP contribution in [0.1, 0.15) is 23.4 Å². The van der Waals surface area contributed by atoms with E-state index < -0.39 is 0 Å². The maximum atomic E-state index is 13.7. The lowest BCUT2D eigenvalue weighted by molar-refractivity contribution is 0.631. The number of nitrogens with zero attached hydrogens (tertiary/aromatic N) is 1. The van der Waals surface area contributed by atoms with Gasteiger partial charge in [-0.25, -0.2) is 9.37 Å². The lowest BCUT2D eigenvalue weighted by Gasteiger charge is -2.05. The predicted octanol–water partition coefficient (Wildman–Crippen LogP) is 3.54. The molecule has 17 heavy (non-hydrogen) atoms. The van der Waals surface area contributed by atoms with Gasteiger partial charge in [0.25, 0.3) is 0 Å².